The van der Waals surface area contributed by atoms with Crippen molar-refractivity contribution in [2.24, 2.45) is 0 Å². The van der Waals surface area contributed by atoms with Crippen molar-refractivity contribution in [1.82, 2.24) is 0 Å². The number of nitrogens with two attached hydrogens (primary N) is 1. The highest BCUT2D eigenvalue weighted by atomic mass is 79.9. The molecule has 0 radical (unpaired) electrons. The van der Waals surface area contributed by atoms with Gasteiger partial charge in [-0.2, -0.15) is 0 Å². The average Bonchev–Trinajstić information content (AvgIpc) is 2.31. The normalized spacial score (nSPS) is 10.7. The monoisotopic (exact) mass is 335 g/mol. The zero-order valence-electron chi connectivity index (χ0n) is 11.5. The summed E-state index contributed by atoms with van der Waals surface area (Å²) < 4.78 is 1.07. The second-order valence-electron chi connectivity index (χ2n) is 4.92. The Kier molecular flexibility index (Phi) is 4.58. The largest absolute Gasteiger partial charge is 0.398 e. The lowest BCUT2D eigenvalue weighted by atomic mass is 10.1. The topological polar surface area (TPSA) is 26.0 Å². The van der Waals surface area contributed by atoms with E-state index in [1.165, 1.54) is 21.6 Å². The Balaban J connectivity index is 2.16. The zero-order chi connectivity index (χ0) is 14.0. The summed E-state index contributed by atoms with van der Waals surface area (Å²) in [6.07, 6.45) is 0. The summed E-state index contributed by atoms with van der Waals surface area (Å²) >= 11 is 5.42. The Morgan fingerprint density at radius 3 is 2.26 bits per heavy atom. The smallest absolute Gasteiger partial charge is 0.0355 e. The van der Waals surface area contributed by atoms with E-state index < -0.39 is 0 Å². The molecular weight excluding hydrogens is 318 g/mol. The van der Waals surface area contributed by atoms with Gasteiger partial charge < -0.3 is 5.73 Å². The summed E-state index contributed by atoms with van der Waals surface area (Å²) in [7, 11) is 0. The van der Waals surface area contributed by atoms with E-state index in [0.29, 0.717) is 0 Å². The molecule has 0 aliphatic rings. The fourth-order valence-electron chi connectivity index (χ4n) is 2.09. The molecule has 1 nitrogen and oxygen atoms in total. The molecule has 0 aromatic heterocycles. The molecule has 2 aromatic carbocycles. The van der Waals surface area contributed by atoms with Crippen molar-refractivity contribution in [2.45, 2.75) is 31.4 Å². The number of hydrogen-bond donors (Lipinski definition) is 1. The minimum Gasteiger partial charge on any atom is -0.398 e. The molecule has 0 amide bonds. The quantitative estimate of drug-likeness (QED) is 0.612. The van der Waals surface area contributed by atoms with E-state index in [1.807, 2.05) is 24.8 Å². The van der Waals surface area contributed by atoms with E-state index in [1.54, 1.807) is 0 Å². The number of anilines is 1. The van der Waals surface area contributed by atoms with Crippen LogP contribution in [0.3, 0.4) is 0 Å². The van der Waals surface area contributed by atoms with E-state index in [-0.39, 0.29) is 0 Å². The summed E-state index contributed by atoms with van der Waals surface area (Å²) in [4.78, 5) is 1.24. The van der Waals surface area contributed by atoms with Gasteiger partial charge in [0, 0.05) is 20.8 Å². The maximum Gasteiger partial charge on any atom is 0.0355 e. The highest BCUT2D eigenvalue weighted by molar-refractivity contribution is 9.10. The Labute approximate surface area is 127 Å². The van der Waals surface area contributed by atoms with Gasteiger partial charge in [-0.3, -0.25) is 0 Å². The molecule has 0 unspecified atom stereocenters. The van der Waals surface area contributed by atoms with Gasteiger partial charge in [0.25, 0.3) is 0 Å². The van der Waals surface area contributed by atoms with Crippen LogP contribution in [-0.2, 0) is 5.75 Å². The van der Waals surface area contributed by atoms with Gasteiger partial charge in [-0.1, -0.05) is 29.3 Å². The molecule has 2 aromatic rings. The summed E-state index contributed by atoms with van der Waals surface area (Å²) in [5, 5.41) is 0. The molecule has 2 rings (SSSR count). The van der Waals surface area contributed by atoms with Crippen LogP contribution in [0.2, 0.25) is 0 Å². The molecular formula is C16H18BrNS. The lowest BCUT2D eigenvalue weighted by Crippen LogP contribution is -1.91. The molecule has 0 saturated heterocycles. The lowest BCUT2D eigenvalue weighted by molar-refractivity contribution is 1.28. The minimum absolute atomic E-state index is 0.836. The molecule has 0 bridgehead atoms. The number of hydrogen-bond acceptors (Lipinski definition) is 2. The molecule has 3 heteroatoms. The van der Waals surface area contributed by atoms with Crippen molar-refractivity contribution < 1.29 is 0 Å². The van der Waals surface area contributed by atoms with Crippen LogP contribution < -0.4 is 5.73 Å². The standard InChI is InChI=1S/C16H18BrNS/c1-10-4-11(2)6-13(5-10)9-19-16-7-12(3)15(18)8-14(16)17/h4-8H,9,18H2,1-3H3. The predicted octanol–water partition coefficient (Wildman–Crippen LogP) is 5.25. The Morgan fingerprint density at radius 1 is 1.00 bits per heavy atom. The summed E-state index contributed by atoms with van der Waals surface area (Å²) in [6, 6.07) is 10.8. The Hall–Kier alpha value is -0.930. The fraction of sp³-hybridized carbons (Fsp3) is 0.250. The maximum absolute atomic E-state index is 5.90. The van der Waals surface area contributed by atoms with Gasteiger partial charge in [-0.05, 0) is 60.0 Å². The van der Waals surface area contributed by atoms with Gasteiger partial charge in [0.05, 0.1) is 0 Å². The van der Waals surface area contributed by atoms with Crippen LogP contribution in [0.1, 0.15) is 22.3 Å². The second-order valence-corrected chi connectivity index (χ2v) is 6.80. The number of thioether (sulfide) groups is 1. The fourth-order valence-corrected chi connectivity index (χ4v) is 3.74. The van der Waals surface area contributed by atoms with Crippen LogP contribution in [0.4, 0.5) is 5.69 Å². The number of aryl methyl sites for hydroxylation is 3. The van der Waals surface area contributed by atoms with Crippen molar-refractivity contribution in [3.05, 3.63) is 57.1 Å². The van der Waals surface area contributed by atoms with E-state index >= 15 is 0 Å². The molecule has 0 heterocycles. The van der Waals surface area contributed by atoms with Gasteiger partial charge in [0.1, 0.15) is 0 Å². The first-order chi connectivity index (χ1) is 8.95. The molecule has 0 atom stereocenters. The second kappa shape index (κ2) is 6.02. The molecule has 0 spiro atoms. The minimum atomic E-state index is 0.836. The summed E-state index contributed by atoms with van der Waals surface area (Å²) in [5.41, 5.74) is 11.9. The first-order valence-corrected chi connectivity index (χ1v) is 7.99. The predicted molar refractivity (Wildman–Crippen MR) is 88.8 cm³/mol. The third-order valence-corrected chi connectivity index (χ3v) is 5.04. The first kappa shape index (κ1) is 14.5. The zero-order valence-corrected chi connectivity index (χ0v) is 13.9. The van der Waals surface area contributed by atoms with E-state index in [0.717, 1.165) is 21.5 Å². The van der Waals surface area contributed by atoms with Gasteiger partial charge in [-0.25, -0.2) is 0 Å². The first-order valence-electron chi connectivity index (χ1n) is 6.21. The molecule has 2 N–H and O–H groups in total. The van der Waals surface area contributed by atoms with Gasteiger partial charge >= 0.3 is 0 Å². The van der Waals surface area contributed by atoms with Crippen LogP contribution in [0.5, 0.6) is 0 Å². The van der Waals surface area contributed by atoms with Crippen LogP contribution >= 0.6 is 27.7 Å². The molecule has 0 aliphatic heterocycles. The molecule has 0 saturated carbocycles. The third kappa shape index (κ3) is 3.77. The van der Waals surface area contributed by atoms with Gasteiger partial charge in [0.15, 0.2) is 0 Å². The highest BCUT2D eigenvalue weighted by Gasteiger charge is 2.05. The maximum atomic E-state index is 5.90. The summed E-state index contributed by atoms with van der Waals surface area (Å²) in [6.45, 7) is 6.33. The SMILES string of the molecule is Cc1cc(C)cc(CSc2cc(C)c(N)cc2Br)c1. The van der Waals surface area contributed by atoms with E-state index in [2.05, 4.69) is 54.0 Å². The van der Waals surface area contributed by atoms with Crippen LogP contribution in [0.25, 0.3) is 0 Å². The van der Waals surface area contributed by atoms with Crippen molar-refractivity contribution in [1.29, 1.82) is 0 Å². The van der Waals surface area contributed by atoms with Crippen LogP contribution in [0, 0.1) is 20.8 Å². The number of nitrogen functional groups attached to an aromatic ring is 1. The molecule has 100 valence electrons. The molecule has 0 fully saturated rings. The van der Waals surface area contributed by atoms with Crippen molar-refractivity contribution >= 4 is 33.4 Å². The lowest BCUT2D eigenvalue weighted by Gasteiger charge is -2.09. The highest BCUT2D eigenvalue weighted by Crippen LogP contribution is 2.33. The van der Waals surface area contributed by atoms with Crippen molar-refractivity contribution in [3.63, 3.8) is 0 Å². The third-order valence-electron chi connectivity index (χ3n) is 3.00. The molecule has 0 aliphatic carbocycles. The summed E-state index contributed by atoms with van der Waals surface area (Å²) in [5.74, 6) is 0.977. The molecule has 19 heavy (non-hydrogen) atoms. The number of rotatable bonds is 3. The Morgan fingerprint density at radius 2 is 1.63 bits per heavy atom. The van der Waals surface area contributed by atoms with E-state index in [9.17, 15) is 0 Å². The van der Waals surface area contributed by atoms with Crippen molar-refractivity contribution in [3.8, 4) is 0 Å². The number of halogens is 1. The van der Waals surface area contributed by atoms with Crippen molar-refractivity contribution in [2.75, 3.05) is 5.73 Å². The van der Waals surface area contributed by atoms with Crippen LogP contribution in [-0.4, -0.2) is 0 Å². The van der Waals surface area contributed by atoms with Gasteiger partial charge in [-0.15, -0.1) is 11.8 Å². The number of benzene rings is 2. The average molecular weight is 336 g/mol. The Bertz CT molecular complexity index is 588. The van der Waals surface area contributed by atoms with Crippen LogP contribution in [0.15, 0.2) is 39.7 Å². The van der Waals surface area contributed by atoms with E-state index in [4.69, 9.17) is 5.73 Å². The van der Waals surface area contributed by atoms with Gasteiger partial charge in [0.2, 0.25) is 0 Å².